The van der Waals surface area contributed by atoms with Crippen molar-refractivity contribution in [3.8, 4) is 5.75 Å². The first-order chi connectivity index (χ1) is 7.17. The van der Waals surface area contributed by atoms with E-state index in [0.29, 0.717) is 11.4 Å². The fourth-order valence-electron chi connectivity index (χ4n) is 1.11. The summed E-state index contributed by atoms with van der Waals surface area (Å²) in [4.78, 5) is 11.2. The Morgan fingerprint density at radius 1 is 1.60 bits per heavy atom. The smallest absolute Gasteiger partial charge is 0.225 e. The lowest BCUT2D eigenvalue weighted by atomic mass is 10.2. The van der Waals surface area contributed by atoms with Crippen LogP contribution < -0.4 is 15.8 Å². The van der Waals surface area contributed by atoms with Gasteiger partial charge in [0.1, 0.15) is 11.6 Å². The molecule has 0 saturated heterocycles. The molecule has 0 aromatic heterocycles. The number of anilines is 1. The van der Waals surface area contributed by atoms with Gasteiger partial charge in [-0.25, -0.2) is 4.39 Å². The van der Waals surface area contributed by atoms with Crippen LogP contribution in [-0.2, 0) is 4.79 Å². The zero-order valence-electron chi connectivity index (χ0n) is 8.42. The van der Waals surface area contributed by atoms with E-state index < -0.39 is 5.82 Å². The topological polar surface area (TPSA) is 64.3 Å². The van der Waals surface area contributed by atoms with Crippen LogP contribution in [0.15, 0.2) is 18.2 Å². The number of halogens is 1. The van der Waals surface area contributed by atoms with Crippen molar-refractivity contribution in [3.05, 3.63) is 24.0 Å². The number of nitrogens with one attached hydrogen (secondary N) is 1. The summed E-state index contributed by atoms with van der Waals surface area (Å²) in [5.41, 5.74) is 5.67. The van der Waals surface area contributed by atoms with Crippen LogP contribution in [0.4, 0.5) is 10.1 Å². The second-order valence-electron chi connectivity index (χ2n) is 2.93. The van der Waals surface area contributed by atoms with Crippen LogP contribution in [0, 0.1) is 5.82 Å². The van der Waals surface area contributed by atoms with Gasteiger partial charge in [-0.2, -0.15) is 0 Å². The van der Waals surface area contributed by atoms with E-state index in [0.717, 1.165) is 0 Å². The van der Waals surface area contributed by atoms with E-state index in [1.807, 2.05) is 0 Å². The highest BCUT2D eigenvalue weighted by Crippen LogP contribution is 2.24. The van der Waals surface area contributed by atoms with Gasteiger partial charge in [-0.15, -0.1) is 0 Å². The molecule has 1 aromatic rings. The molecule has 1 amide bonds. The second kappa shape index (κ2) is 5.31. The Kier molecular flexibility index (Phi) is 4.05. The molecule has 0 fully saturated rings. The number of carbonyl (C=O) groups is 1. The molecule has 0 bridgehead atoms. The van der Waals surface area contributed by atoms with E-state index in [1.165, 1.54) is 25.3 Å². The summed E-state index contributed by atoms with van der Waals surface area (Å²) in [5, 5.41) is 2.58. The molecule has 0 aliphatic carbocycles. The largest absolute Gasteiger partial charge is 0.494 e. The molecule has 1 aromatic carbocycles. The van der Waals surface area contributed by atoms with Gasteiger partial charge in [-0.3, -0.25) is 4.79 Å². The number of nitrogens with two attached hydrogens (primary N) is 1. The molecule has 0 aliphatic rings. The molecule has 0 heterocycles. The number of amides is 1. The second-order valence-corrected chi connectivity index (χ2v) is 2.93. The zero-order chi connectivity index (χ0) is 11.3. The SMILES string of the molecule is COc1cc(F)ccc1NC(=O)CCN. The maximum Gasteiger partial charge on any atom is 0.225 e. The van der Waals surface area contributed by atoms with Crippen molar-refractivity contribution in [1.82, 2.24) is 0 Å². The molecule has 0 atom stereocenters. The molecule has 82 valence electrons. The lowest BCUT2D eigenvalue weighted by molar-refractivity contribution is -0.116. The first-order valence-electron chi connectivity index (χ1n) is 4.51. The van der Waals surface area contributed by atoms with Gasteiger partial charge in [0.2, 0.25) is 5.91 Å². The van der Waals surface area contributed by atoms with Gasteiger partial charge in [-0.1, -0.05) is 0 Å². The molecule has 0 unspecified atom stereocenters. The number of hydrogen-bond donors (Lipinski definition) is 2. The minimum atomic E-state index is -0.413. The van der Waals surface area contributed by atoms with E-state index in [4.69, 9.17) is 10.5 Å². The summed E-state index contributed by atoms with van der Waals surface area (Å²) < 4.78 is 17.7. The number of rotatable bonds is 4. The van der Waals surface area contributed by atoms with E-state index in [2.05, 4.69) is 5.32 Å². The molecule has 15 heavy (non-hydrogen) atoms. The number of ether oxygens (including phenoxy) is 1. The molecule has 3 N–H and O–H groups in total. The van der Waals surface area contributed by atoms with E-state index >= 15 is 0 Å². The number of hydrogen-bond acceptors (Lipinski definition) is 3. The molecule has 0 aliphatic heterocycles. The Balaban J connectivity index is 2.80. The average molecular weight is 212 g/mol. The van der Waals surface area contributed by atoms with Gasteiger partial charge in [0.25, 0.3) is 0 Å². The van der Waals surface area contributed by atoms with E-state index in [1.54, 1.807) is 0 Å². The third kappa shape index (κ3) is 3.21. The minimum Gasteiger partial charge on any atom is -0.494 e. The maximum atomic E-state index is 12.8. The van der Waals surface area contributed by atoms with Gasteiger partial charge in [0.05, 0.1) is 12.8 Å². The van der Waals surface area contributed by atoms with Crippen LogP contribution in [0.25, 0.3) is 0 Å². The van der Waals surface area contributed by atoms with Crippen molar-refractivity contribution in [1.29, 1.82) is 0 Å². The first kappa shape index (κ1) is 11.5. The highest BCUT2D eigenvalue weighted by molar-refractivity contribution is 5.92. The molecular weight excluding hydrogens is 199 g/mol. The molecule has 0 spiro atoms. The highest BCUT2D eigenvalue weighted by atomic mass is 19.1. The monoisotopic (exact) mass is 212 g/mol. The molecular formula is C10H13FN2O2. The van der Waals surface area contributed by atoms with Crippen LogP contribution >= 0.6 is 0 Å². The van der Waals surface area contributed by atoms with Crippen LogP contribution in [0.1, 0.15) is 6.42 Å². The number of benzene rings is 1. The van der Waals surface area contributed by atoms with Crippen molar-refractivity contribution < 1.29 is 13.9 Å². The van der Waals surface area contributed by atoms with Crippen molar-refractivity contribution in [2.24, 2.45) is 5.73 Å². The fraction of sp³-hybridized carbons (Fsp3) is 0.300. The predicted molar refractivity (Wildman–Crippen MR) is 55.3 cm³/mol. The molecule has 0 radical (unpaired) electrons. The summed E-state index contributed by atoms with van der Waals surface area (Å²) in [5.74, 6) is -0.341. The normalized spacial score (nSPS) is 9.80. The van der Waals surface area contributed by atoms with Gasteiger partial charge < -0.3 is 15.8 Å². The van der Waals surface area contributed by atoms with Crippen LogP contribution in [-0.4, -0.2) is 19.6 Å². The molecule has 5 heteroatoms. The molecule has 1 rings (SSSR count). The van der Waals surface area contributed by atoms with Crippen molar-refractivity contribution in [2.75, 3.05) is 19.0 Å². The Bertz CT molecular complexity index is 355. The summed E-state index contributed by atoms with van der Waals surface area (Å²) >= 11 is 0. The van der Waals surface area contributed by atoms with Crippen LogP contribution in [0.5, 0.6) is 5.75 Å². The molecule has 4 nitrogen and oxygen atoms in total. The van der Waals surface area contributed by atoms with E-state index in [-0.39, 0.29) is 18.9 Å². The Morgan fingerprint density at radius 3 is 2.93 bits per heavy atom. The van der Waals surface area contributed by atoms with Gasteiger partial charge in [0.15, 0.2) is 0 Å². The summed E-state index contributed by atoms with van der Waals surface area (Å²) in [6.45, 7) is 0.273. The average Bonchev–Trinajstić information content (AvgIpc) is 2.21. The predicted octanol–water partition coefficient (Wildman–Crippen LogP) is 1.12. The number of methoxy groups -OCH3 is 1. The summed E-state index contributed by atoms with van der Waals surface area (Å²) in [7, 11) is 1.41. The van der Waals surface area contributed by atoms with Crippen LogP contribution in [0.2, 0.25) is 0 Å². The van der Waals surface area contributed by atoms with Crippen molar-refractivity contribution in [3.63, 3.8) is 0 Å². The maximum absolute atomic E-state index is 12.8. The van der Waals surface area contributed by atoms with Gasteiger partial charge in [0, 0.05) is 19.0 Å². The number of carbonyl (C=O) groups excluding carboxylic acids is 1. The fourth-order valence-corrected chi connectivity index (χ4v) is 1.11. The first-order valence-corrected chi connectivity index (χ1v) is 4.51. The quantitative estimate of drug-likeness (QED) is 0.786. The van der Waals surface area contributed by atoms with Crippen LogP contribution in [0.3, 0.4) is 0 Å². The highest BCUT2D eigenvalue weighted by Gasteiger charge is 2.07. The Labute approximate surface area is 87.2 Å². The minimum absolute atomic E-state index is 0.220. The lowest BCUT2D eigenvalue weighted by Crippen LogP contribution is -2.16. The van der Waals surface area contributed by atoms with Crippen molar-refractivity contribution in [2.45, 2.75) is 6.42 Å². The summed E-state index contributed by atoms with van der Waals surface area (Å²) in [6, 6.07) is 3.90. The third-order valence-corrected chi connectivity index (χ3v) is 1.81. The summed E-state index contributed by atoms with van der Waals surface area (Å²) in [6.07, 6.45) is 0.223. The van der Waals surface area contributed by atoms with Gasteiger partial charge >= 0.3 is 0 Å². The zero-order valence-corrected chi connectivity index (χ0v) is 8.42. The Hall–Kier alpha value is -1.62. The Morgan fingerprint density at radius 2 is 2.33 bits per heavy atom. The molecule has 0 saturated carbocycles. The lowest BCUT2D eigenvalue weighted by Gasteiger charge is -2.09. The van der Waals surface area contributed by atoms with E-state index in [9.17, 15) is 9.18 Å². The standard InChI is InChI=1S/C10H13FN2O2/c1-15-9-6-7(11)2-3-8(9)13-10(14)4-5-12/h2-3,6H,4-5,12H2,1H3,(H,13,14). The third-order valence-electron chi connectivity index (χ3n) is 1.81. The van der Waals surface area contributed by atoms with Crippen molar-refractivity contribution >= 4 is 11.6 Å². The van der Waals surface area contributed by atoms with Gasteiger partial charge in [-0.05, 0) is 12.1 Å².